The highest BCUT2D eigenvalue weighted by atomic mass is 32.2. The number of hydrogen-bond donors (Lipinski definition) is 1. The van der Waals surface area contributed by atoms with Gasteiger partial charge in [0.2, 0.25) is 0 Å². The fourth-order valence-electron chi connectivity index (χ4n) is 2.53. The van der Waals surface area contributed by atoms with Crippen molar-refractivity contribution in [3.05, 3.63) is 65.2 Å². The number of aromatic carboxylic acids is 1. The molecule has 1 aromatic heterocycles. The maximum atomic E-state index is 12.7. The second-order valence-corrected chi connectivity index (χ2v) is 8.51. The fraction of sp³-hybridized carbons (Fsp3) is 0.118. The second-order valence-electron chi connectivity index (χ2n) is 5.28. The van der Waals surface area contributed by atoms with Crippen molar-refractivity contribution in [2.75, 3.05) is 0 Å². The van der Waals surface area contributed by atoms with Gasteiger partial charge < -0.3 is 5.11 Å². The first-order valence-corrected chi connectivity index (χ1v) is 9.38. The standard InChI is InChI=1S/C17H14O4S2/c1-11-14-7-2-3-8-15(14)22-17(11)23(20,21)10-12-5-4-6-13(9-12)16(18)19/h2-9H,10H2,1H3,(H,18,19). The minimum atomic E-state index is -3.52. The molecule has 0 atom stereocenters. The van der Waals surface area contributed by atoms with Crippen LogP contribution in [-0.2, 0) is 15.6 Å². The molecule has 3 rings (SSSR count). The molecule has 0 spiro atoms. The van der Waals surface area contributed by atoms with Crippen molar-refractivity contribution in [3.8, 4) is 0 Å². The number of carboxylic acid groups (broad SMARTS) is 1. The first kappa shape index (κ1) is 15.7. The van der Waals surface area contributed by atoms with Crippen LogP contribution < -0.4 is 0 Å². The highest BCUT2D eigenvalue weighted by Crippen LogP contribution is 2.35. The van der Waals surface area contributed by atoms with Gasteiger partial charge in [-0.05, 0) is 41.6 Å². The summed E-state index contributed by atoms with van der Waals surface area (Å²) in [4.78, 5) is 11.0. The van der Waals surface area contributed by atoms with Gasteiger partial charge in [-0.2, -0.15) is 0 Å². The molecule has 1 N–H and O–H groups in total. The van der Waals surface area contributed by atoms with E-state index in [-0.39, 0.29) is 11.3 Å². The third-order valence-electron chi connectivity index (χ3n) is 3.61. The SMILES string of the molecule is Cc1c(S(=O)(=O)Cc2cccc(C(=O)O)c2)sc2ccccc12. The summed E-state index contributed by atoms with van der Waals surface area (Å²) in [5, 5.41) is 9.96. The molecule has 0 aliphatic heterocycles. The molecule has 1 heterocycles. The summed E-state index contributed by atoms with van der Waals surface area (Å²) in [7, 11) is -3.52. The quantitative estimate of drug-likeness (QED) is 0.778. The van der Waals surface area contributed by atoms with Crippen molar-refractivity contribution in [1.82, 2.24) is 0 Å². The lowest BCUT2D eigenvalue weighted by molar-refractivity contribution is 0.0696. The number of hydrogen-bond acceptors (Lipinski definition) is 4. The second kappa shape index (κ2) is 5.79. The van der Waals surface area contributed by atoms with E-state index in [1.165, 1.54) is 23.5 Å². The van der Waals surface area contributed by atoms with Crippen molar-refractivity contribution >= 4 is 37.2 Å². The van der Waals surface area contributed by atoms with Crippen LogP contribution in [0.3, 0.4) is 0 Å². The molecule has 3 aromatic rings. The number of sulfone groups is 1. The average Bonchev–Trinajstić information content (AvgIpc) is 2.85. The zero-order valence-electron chi connectivity index (χ0n) is 12.3. The number of rotatable bonds is 4. The third-order valence-corrected chi connectivity index (χ3v) is 7.28. The summed E-state index contributed by atoms with van der Waals surface area (Å²) < 4.78 is 26.8. The van der Waals surface area contributed by atoms with Gasteiger partial charge in [0.15, 0.2) is 9.84 Å². The topological polar surface area (TPSA) is 71.4 Å². The molecule has 0 saturated carbocycles. The minimum Gasteiger partial charge on any atom is -0.478 e. The Hall–Kier alpha value is -2.18. The van der Waals surface area contributed by atoms with Gasteiger partial charge in [-0.25, -0.2) is 13.2 Å². The number of fused-ring (bicyclic) bond motifs is 1. The molecular formula is C17H14O4S2. The van der Waals surface area contributed by atoms with Gasteiger partial charge in [-0.3, -0.25) is 0 Å². The Kier molecular flexibility index (Phi) is 3.95. The highest BCUT2D eigenvalue weighted by Gasteiger charge is 2.22. The number of carbonyl (C=O) groups is 1. The lowest BCUT2D eigenvalue weighted by Crippen LogP contribution is -2.06. The van der Waals surface area contributed by atoms with Crippen molar-refractivity contribution < 1.29 is 18.3 Å². The Morgan fingerprint density at radius 2 is 1.87 bits per heavy atom. The Morgan fingerprint density at radius 3 is 2.57 bits per heavy atom. The Balaban J connectivity index is 2.02. The summed E-state index contributed by atoms with van der Waals surface area (Å²) >= 11 is 1.26. The molecule has 0 saturated heterocycles. The Morgan fingerprint density at radius 1 is 1.13 bits per heavy atom. The number of thiophene rings is 1. The first-order valence-electron chi connectivity index (χ1n) is 6.91. The largest absolute Gasteiger partial charge is 0.478 e. The van der Waals surface area contributed by atoms with Crippen LogP contribution in [0.2, 0.25) is 0 Å². The van der Waals surface area contributed by atoms with Gasteiger partial charge in [0.25, 0.3) is 0 Å². The molecule has 0 unspecified atom stereocenters. The smallest absolute Gasteiger partial charge is 0.335 e. The van der Waals surface area contributed by atoms with E-state index < -0.39 is 15.8 Å². The third kappa shape index (κ3) is 3.00. The monoisotopic (exact) mass is 346 g/mol. The molecule has 23 heavy (non-hydrogen) atoms. The van der Waals surface area contributed by atoms with Crippen LogP contribution >= 0.6 is 11.3 Å². The fourth-order valence-corrected chi connectivity index (χ4v) is 5.75. The molecular weight excluding hydrogens is 332 g/mol. The van der Waals surface area contributed by atoms with Crippen LogP contribution in [0.4, 0.5) is 0 Å². The summed E-state index contributed by atoms with van der Waals surface area (Å²) in [5.41, 5.74) is 1.31. The average molecular weight is 346 g/mol. The summed E-state index contributed by atoms with van der Waals surface area (Å²) in [6, 6.07) is 13.6. The molecule has 0 fully saturated rings. The maximum absolute atomic E-state index is 12.7. The van der Waals surface area contributed by atoms with Crippen LogP contribution in [-0.4, -0.2) is 19.5 Å². The number of benzene rings is 2. The van der Waals surface area contributed by atoms with Gasteiger partial charge in [0, 0.05) is 4.70 Å². The molecule has 6 heteroatoms. The molecule has 118 valence electrons. The van der Waals surface area contributed by atoms with Gasteiger partial charge >= 0.3 is 5.97 Å². The predicted octanol–water partition coefficient (Wildman–Crippen LogP) is 3.88. The highest BCUT2D eigenvalue weighted by molar-refractivity contribution is 7.93. The van der Waals surface area contributed by atoms with Crippen molar-refractivity contribution in [3.63, 3.8) is 0 Å². The lowest BCUT2D eigenvalue weighted by Gasteiger charge is -2.05. The first-order chi connectivity index (χ1) is 10.9. The minimum absolute atomic E-state index is 0.0887. The van der Waals surface area contributed by atoms with Gasteiger partial charge in [0.05, 0.1) is 11.3 Å². The molecule has 0 amide bonds. The predicted molar refractivity (Wildman–Crippen MR) is 90.9 cm³/mol. The van der Waals surface area contributed by atoms with Gasteiger partial charge in [0.1, 0.15) is 4.21 Å². The zero-order valence-corrected chi connectivity index (χ0v) is 13.9. The maximum Gasteiger partial charge on any atom is 0.335 e. The summed E-state index contributed by atoms with van der Waals surface area (Å²) in [6.07, 6.45) is 0. The number of aryl methyl sites for hydroxylation is 1. The molecule has 2 aromatic carbocycles. The Bertz CT molecular complexity index is 1000. The molecule has 0 bridgehead atoms. The lowest BCUT2D eigenvalue weighted by atomic mass is 10.1. The van der Waals surface area contributed by atoms with E-state index in [0.29, 0.717) is 9.77 Å². The van der Waals surface area contributed by atoms with E-state index in [2.05, 4.69) is 0 Å². The van der Waals surface area contributed by atoms with Crippen LogP contribution in [0.15, 0.2) is 52.7 Å². The van der Waals surface area contributed by atoms with Crippen molar-refractivity contribution in [2.45, 2.75) is 16.9 Å². The van der Waals surface area contributed by atoms with E-state index in [1.807, 2.05) is 24.3 Å². The normalized spacial score (nSPS) is 11.7. The number of carboxylic acids is 1. The van der Waals surface area contributed by atoms with Crippen LogP contribution in [0.1, 0.15) is 21.5 Å². The molecule has 0 radical (unpaired) electrons. The summed E-state index contributed by atoms with van der Waals surface area (Å²) in [5.74, 6) is -1.27. The van der Waals surface area contributed by atoms with E-state index in [1.54, 1.807) is 19.1 Å². The Labute approximate surface area is 137 Å². The van der Waals surface area contributed by atoms with Crippen LogP contribution in [0, 0.1) is 6.92 Å². The van der Waals surface area contributed by atoms with Gasteiger partial charge in [-0.1, -0.05) is 30.3 Å². The molecule has 0 aliphatic carbocycles. The van der Waals surface area contributed by atoms with E-state index in [0.717, 1.165) is 15.6 Å². The van der Waals surface area contributed by atoms with Gasteiger partial charge in [-0.15, -0.1) is 11.3 Å². The van der Waals surface area contributed by atoms with E-state index >= 15 is 0 Å². The molecule has 4 nitrogen and oxygen atoms in total. The molecule has 0 aliphatic rings. The summed E-state index contributed by atoms with van der Waals surface area (Å²) in [6.45, 7) is 1.80. The van der Waals surface area contributed by atoms with E-state index in [9.17, 15) is 13.2 Å². The van der Waals surface area contributed by atoms with E-state index in [4.69, 9.17) is 5.11 Å². The van der Waals surface area contributed by atoms with Crippen LogP contribution in [0.5, 0.6) is 0 Å². The van der Waals surface area contributed by atoms with Crippen LogP contribution in [0.25, 0.3) is 10.1 Å². The zero-order chi connectivity index (χ0) is 16.6. The van der Waals surface area contributed by atoms with Crippen molar-refractivity contribution in [2.24, 2.45) is 0 Å². The van der Waals surface area contributed by atoms with Crippen molar-refractivity contribution in [1.29, 1.82) is 0 Å².